The van der Waals surface area contributed by atoms with Crippen molar-refractivity contribution in [2.45, 2.75) is 258 Å². The highest BCUT2D eigenvalue weighted by Crippen LogP contribution is 2.49. The Bertz CT molecular complexity index is 1800. The number of methoxy groups -OCH3 is 1. The fraction of sp³-hybridized carbons (Fsp3) is 0.860. The van der Waals surface area contributed by atoms with Gasteiger partial charge in [0.1, 0.15) is 12.4 Å². The topological polar surface area (TPSA) is 172 Å². The first-order chi connectivity index (χ1) is 33.9. The summed E-state index contributed by atoms with van der Waals surface area (Å²) in [5.74, 6) is -3.19. The SMILES string of the molecule is CCCCCCCC(=O)O[C@H]1/C(=C/C(=O)OC)C[C@@H](C[C@H](CO[Si](C)(C)C(C)(C)C)OC(=O)C[C@@H](CCOCC[C@@H]2CCOC3(C[C@H](C)CC[C@H]3C(C)C)O2)O[Si](C)(C)C(C)(C)C)O[C@@]1(O)C(C)(C)/C=C/C=O. The van der Waals surface area contributed by atoms with Gasteiger partial charge >= 0.3 is 17.9 Å². The van der Waals surface area contributed by atoms with E-state index >= 15 is 0 Å². The average molecular weight is 1070 g/mol. The van der Waals surface area contributed by atoms with E-state index in [9.17, 15) is 24.3 Å². The summed E-state index contributed by atoms with van der Waals surface area (Å²) in [6.07, 6.45) is 10.9. The Labute approximate surface area is 443 Å². The summed E-state index contributed by atoms with van der Waals surface area (Å²) < 4.78 is 57.4. The quantitative estimate of drug-likeness (QED) is 0.0196. The lowest BCUT2D eigenvalue weighted by Crippen LogP contribution is -2.62. The van der Waals surface area contributed by atoms with Crippen molar-refractivity contribution in [1.29, 1.82) is 0 Å². The van der Waals surface area contributed by atoms with Crippen LogP contribution in [-0.4, -0.2) is 122 Å². The van der Waals surface area contributed by atoms with Gasteiger partial charge in [0.2, 0.25) is 5.79 Å². The van der Waals surface area contributed by atoms with Crippen LogP contribution in [0.25, 0.3) is 0 Å². The predicted molar refractivity (Wildman–Crippen MR) is 291 cm³/mol. The zero-order valence-corrected chi connectivity index (χ0v) is 50.6. The van der Waals surface area contributed by atoms with E-state index in [0.29, 0.717) is 56.7 Å². The van der Waals surface area contributed by atoms with Gasteiger partial charge in [-0.15, -0.1) is 0 Å². The molecule has 9 atom stereocenters. The van der Waals surface area contributed by atoms with E-state index in [1.165, 1.54) is 31.8 Å². The molecule has 1 aliphatic carbocycles. The summed E-state index contributed by atoms with van der Waals surface area (Å²) in [6, 6.07) is 0. The molecule has 3 aliphatic rings. The highest BCUT2D eigenvalue weighted by atomic mass is 28.4. The molecule has 1 N–H and O–H groups in total. The van der Waals surface area contributed by atoms with E-state index in [4.69, 9.17) is 42.0 Å². The second-order valence-corrected chi connectivity index (χ2v) is 34.9. The first-order valence-electron chi connectivity index (χ1n) is 27.8. The number of ether oxygens (including phenoxy) is 7. The molecule has 73 heavy (non-hydrogen) atoms. The van der Waals surface area contributed by atoms with Crippen LogP contribution >= 0.6 is 0 Å². The first-order valence-corrected chi connectivity index (χ1v) is 33.6. The van der Waals surface area contributed by atoms with Crippen LogP contribution in [0.2, 0.25) is 36.3 Å². The fourth-order valence-corrected chi connectivity index (χ4v) is 12.2. The number of hydrogen-bond acceptors (Lipinski definition) is 14. The number of esters is 3. The second kappa shape index (κ2) is 28.4. The molecule has 3 rings (SSSR count). The number of carbonyl (C=O) groups excluding carboxylic acids is 4. The normalized spacial score (nSPS) is 27.1. The minimum Gasteiger partial charge on any atom is -0.466 e. The van der Waals surface area contributed by atoms with Crippen molar-refractivity contribution in [3.8, 4) is 0 Å². The van der Waals surface area contributed by atoms with Gasteiger partial charge in [0.05, 0.1) is 45.1 Å². The molecule has 0 bridgehead atoms. The van der Waals surface area contributed by atoms with Gasteiger partial charge in [-0.1, -0.05) is 121 Å². The van der Waals surface area contributed by atoms with E-state index in [-0.39, 0.29) is 54.0 Å². The van der Waals surface area contributed by atoms with E-state index in [1.54, 1.807) is 13.8 Å². The zero-order chi connectivity index (χ0) is 55.1. The summed E-state index contributed by atoms with van der Waals surface area (Å²) in [4.78, 5) is 52.6. The van der Waals surface area contributed by atoms with Gasteiger partial charge in [-0.3, -0.25) is 14.4 Å². The maximum Gasteiger partial charge on any atom is 0.330 e. The van der Waals surface area contributed by atoms with Crippen LogP contribution in [0.5, 0.6) is 0 Å². The summed E-state index contributed by atoms with van der Waals surface area (Å²) in [6.45, 7) is 35.4. The van der Waals surface area contributed by atoms with E-state index in [0.717, 1.165) is 51.4 Å². The van der Waals surface area contributed by atoms with Crippen molar-refractivity contribution in [1.82, 2.24) is 0 Å². The van der Waals surface area contributed by atoms with Crippen LogP contribution in [0.1, 0.15) is 179 Å². The molecule has 0 aromatic rings. The highest BCUT2D eigenvalue weighted by Gasteiger charge is 2.58. The van der Waals surface area contributed by atoms with Crippen LogP contribution in [0.4, 0.5) is 0 Å². The molecule has 1 spiro atoms. The summed E-state index contributed by atoms with van der Waals surface area (Å²) in [5, 5.41) is 12.5. The minimum absolute atomic E-state index is 0.0270. The maximum absolute atomic E-state index is 14.4. The molecule has 2 saturated heterocycles. The third-order valence-electron chi connectivity index (χ3n) is 16.5. The van der Waals surface area contributed by atoms with E-state index < -0.39 is 75.9 Å². The Hall–Kier alpha value is -2.29. The smallest absolute Gasteiger partial charge is 0.330 e. The zero-order valence-electron chi connectivity index (χ0n) is 48.6. The van der Waals surface area contributed by atoms with Crippen molar-refractivity contribution in [3.05, 3.63) is 23.8 Å². The van der Waals surface area contributed by atoms with Gasteiger partial charge < -0.3 is 47.1 Å². The number of allylic oxidation sites excluding steroid dienone is 1. The van der Waals surface area contributed by atoms with Gasteiger partial charge in [-0.05, 0) is 98.3 Å². The summed E-state index contributed by atoms with van der Waals surface area (Å²) >= 11 is 0. The molecule has 2 aliphatic heterocycles. The average Bonchev–Trinajstić information content (AvgIpc) is 3.27. The van der Waals surface area contributed by atoms with Crippen LogP contribution in [0.3, 0.4) is 0 Å². The van der Waals surface area contributed by atoms with E-state index in [1.807, 2.05) is 0 Å². The molecule has 1 unspecified atom stereocenters. The Kier molecular flexibility index (Phi) is 25.3. The molecule has 3 fully saturated rings. The summed E-state index contributed by atoms with van der Waals surface area (Å²) in [5.41, 5.74) is -1.08. The molecule has 0 aromatic heterocycles. The molecular formula is C57H102O14Si2. The van der Waals surface area contributed by atoms with Crippen LogP contribution in [-0.2, 0) is 61.2 Å². The molecule has 2 heterocycles. The number of aliphatic hydroxyl groups is 1. The number of hydrogen-bond donors (Lipinski definition) is 1. The van der Waals surface area contributed by atoms with Crippen LogP contribution < -0.4 is 0 Å². The molecule has 0 amide bonds. The van der Waals surface area contributed by atoms with Crippen molar-refractivity contribution in [2.75, 3.05) is 33.5 Å². The lowest BCUT2D eigenvalue weighted by Gasteiger charge is -2.51. The largest absolute Gasteiger partial charge is 0.466 e. The second-order valence-electron chi connectivity index (χ2n) is 25.4. The van der Waals surface area contributed by atoms with Gasteiger partial charge in [0, 0.05) is 49.9 Å². The molecule has 16 heteroatoms. The van der Waals surface area contributed by atoms with Crippen molar-refractivity contribution in [3.63, 3.8) is 0 Å². The number of aldehydes is 1. The maximum atomic E-state index is 14.4. The molecular weight excluding hydrogens is 965 g/mol. The molecule has 0 aromatic carbocycles. The van der Waals surface area contributed by atoms with Gasteiger partial charge in [0.15, 0.2) is 28.5 Å². The first kappa shape index (κ1) is 65.0. The Balaban J connectivity index is 1.90. The molecule has 422 valence electrons. The number of carbonyl (C=O) groups is 4. The molecule has 1 saturated carbocycles. The van der Waals surface area contributed by atoms with Crippen molar-refractivity contribution >= 4 is 40.8 Å². The Morgan fingerprint density at radius 1 is 0.863 bits per heavy atom. The van der Waals surface area contributed by atoms with Crippen molar-refractivity contribution < 1.29 is 66.3 Å². The van der Waals surface area contributed by atoms with Gasteiger partial charge in [-0.25, -0.2) is 4.79 Å². The highest BCUT2D eigenvalue weighted by molar-refractivity contribution is 6.74. The monoisotopic (exact) mass is 1070 g/mol. The van der Waals surface area contributed by atoms with Gasteiger partial charge in [-0.2, -0.15) is 0 Å². The lowest BCUT2D eigenvalue weighted by molar-refractivity contribution is -0.340. The molecule has 14 nitrogen and oxygen atoms in total. The van der Waals surface area contributed by atoms with Crippen molar-refractivity contribution in [2.24, 2.45) is 23.2 Å². The third-order valence-corrected chi connectivity index (χ3v) is 25.5. The summed E-state index contributed by atoms with van der Waals surface area (Å²) in [7, 11) is -3.54. The minimum atomic E-state index is -2.40. The lowest BCUT2D eigenvalue weighted by atomic mass is 9.72. The Morgan fingerprint density at radius 3 is 2.15 bits per heavy atom. The van der Waals surface area contributed by atoms with Crippen LogP contribution in [0.15, 0.2) is 23.8 Å². The van der Waals surface area contributed by atoms with Crippen LogP contribution in [0, 0.1) is 23.2 Å². The Morgan fingerprint density at radius 2 is 1.53 bits per heavy atom. The fourth-order valence-electron chi connectivity index (χ4n) is 9.78. The van der Waals surface area contributed by atoms with Gasteiger partial charge in [0.25, 0.3) is 0 Å². The number of rotatable bonds is 28. The number of unbranched alkanes of at least 4 members (excludes halogenated alkanes) is 4. The molecule has 0 radical (unpaired) electrons. The van der Waals surface area contributed by atoms with E-state index in [2.05, 4.69) is 95.4 Å². The predicted octanol–water partition coefficient (Wildman–Crippen LogP) is 12.1. The third kappa shape index (κ3) is 19.3. The standard InChI is InChI=1S/C57H102O14Si2/c1-18-19-20-21-22-24-49(59)68-52-43(36-50(60)63-13)35-46(70-57(52,62)55(11,12)30-23-31-58)37-47(40-66-72(14,15)53(5,6)7)67-51(61)38-45(71-73(16,17)54(8,9)10)28-33-64-32-27-44-29-34-65-56(69-44)39-42(4)25-26-48(56)41(2)3/h23,30-31,36,41-42,44-48,52,62H,18-22,24-29,32-35,37-40H2,1-17H3/b30-23+,43-36+/t42-,44-,45-,46+,47-,48+,52+,56?,57-/m1/s1.